The van der Waals surface area contributed by atoms with E-state index in [-0.39, 0.29) is 11.5 Å². The zero-order valence-corrected chi connectivity index (χ0v) is 21.4. The zero-order chi connectivity index (χ0) is 27.5. The molecule has 4 aromatic carbocycles. The van der Waals surface area contributed by atoms with Gasteiger partial charge in [0.2, 0.25) is 0 Å². The summed E-state index contributed by atoms with van der Waals surface area (Å²) in [6, 6.07) is 28.5. The third-order valence-corrected chi connectivity index (χ3v) is 5.61. The van der Waals surface area contributed by atoms with Gasteiger partial charge in [-0.1, -0.05) is 42.5 Å². The fourth-order valence-electron chi connectivity index (χ4n) is 3.56. The van der Waals surface area contributed by atoms with Crippen LogP contribution in [0.15, 0.2) is 102 Å². The van der Waals surface area contributed by atoms with Gasteiger partial charge >= 0.3 is 5.97 Å². The summed E-state index contributed by atoms with van der Waals surface area (Å²) >= 11 is 0. The smallest absolute Gasteiger partial charge is 0.335 e. The summed E-state index contributed by atoms with van der Waals surface area (Å²) in [4.78, 5) is 23.6. The maximum Gasteiger partial charge on any atom is 0.335 e. The van der Waals surface area contributed by atoms with Gasteiger partial charge in [-0.3, -0.25) is 4.79 Å². The van der Waals surface area contributed by atoms with Crippen molar-refractivity contribution in [2.75, 3.05) is 6.61 Å². The van der Waals surface area contributed by atoms with Crippen molar-refractivity contribution in [3.05, 3.63) is 125 Å². The van der Waals surface area contributed by atoms with Crippen LogP contribution in [0.1, 0.15) is 44.3 Å². The lowest BCUT2D eigenvalue weighted by Crippen LogP contribution is -2.17. The Kier molecular flexibility index (Phi) is 9.28. The number of carboxylic acid groups (broad SMARTS) is 1. The molecule has 0 bridgehead atoms. The molecular weight excluding hydrogens is 496 g/mol. The SMILES string of the molecule is CCOc1cc(C(=O)N/N=C/c2ccc(OCc3ccc(C(=O)O)cc3)cc2)ccc1OCc1ccccc1. The van der Waals surface area contributed by atoms with Crippen LogP contribution >= 0.6 is 0 Å². The third kappa shape index (κ3) is 7.93. The van der Waals surface area contributed by atoms with Gasteiger partial charge in [-0.15, -0.1) is 0 Å². The van der Waals surface area contributed by atoms with Crippen LogP contribution in [0.4, 0.5) is 0 Å². The molecule has 8 heteroatoms. The van der Waals surface area contributed by atoms with Crippen molar-refractivity contribution in [3.8, 4) is 17.2 Å². The number of rotatable bonds is 12. The van der Waals surface area contributed by atoms with Gasteiger partial charge in [-0.05, 0) is 78.2 Å². The number of carbonyl (C=O) groups is 2. The number of ether oxygens (including phenoxy) is 3. The molecule has 4 aromatic rings. The number of carbonyl (C=O) groups excluding carboxylic acids is 1. The molecule has 0 aromatic heterocycles. The molecular formula is C31H28N2O6. The van der Waals surface area contributed by atoms with E-state index in [1.165, 1.54) is 6.21 Å². The van der Waals surface area contributed by atoms with Gasteiger partial charge in [0.05, 0.1) is 18.4 Å². The number of amides is 1. The average Bonchev–Trinajstić information content (AvgIpc) is 2.97. The topological polar surface area (TPSA) is 106 Å². The Bertz CT molecular complexity index is 1420. The molecule has 0 aliphatic heterocycles. The molecule has 8 nitrogen and oxygen atoms in total. The van der Waals surface area contributed by atoms with Crippen LogP contribution in [0.2, 0.25) is 0 Å². The fraction of sp³-hybridized carbons (Fsp3) is 0.129. The van der Waals surface area contributed by atoms with Crippen molar-refractivity contribution in [1.29, 1.82) is 0 Å². The predicted octanol–water partition coefficient (Wildman–Crippen LogP) is 5.71. The van der Waals surface area contributed by atoms with Gasteiger partial charge in [0, 0.05) is 5.56 Å². The monoisotopic (exact) mass is 524 g/mol. The number of hydrazone groups is 1. The number of benzene rings is 4. The number of hydrogen-bond donors (Lipinski definition) is 2. The first-order chi connectivity index (χ1) is 19.0. The van der Waals surface area contributed by atoms with E-state index < -0.39 is 5.97 Å². The normalized spacial score (nSPS) is 10.7. The lowest BCUT2D eigenvalue weighted by Gasteiger charge is -2.13. The molecule has 2 N–H and O–H groups in total. The fourth-order valence-corrected chi connectivity index (χ4v) is 3.56. The number of nitrogens with zero attached hydrogens (tertiary/aromatic N) is 1. The van der Waals surface area contributed by atoms with E-state index in [9.17, 15) is 9.59 Å². The van der Waals surface area contributed by atoms with E-state index in [4.69, 9.17) is 19.3 Å². The summed E-state index contributed by atoms with van der Waals surface area (Å²) in [5.41, 5.74) is 5.81. The quantitative estimate of drug-likeness (QED) is 0.182. The number of hydrogen-bond acceptors (Lipinski definition) is 6. The first kappa shape index (κ1) is 26.9. The highest BCUT2D eigenvalue weighted by Gasteiger charge is 2.12. The molecule has 1 amide bonds. The third-order valence-electron chi connectivity index (χ3n) is 5.61. The number of nitrogens with one attached hydrogen (secondary N) is 1. The van der Waals surface area contributed by atoms with Gasteiger partial charge in [0.25, 0.3) is 5.91 Å². The molecule has 0 atom stereocenters. The van der Waals surface area contributed by atoms with E-state index >= 15 is 0 Å². The van der Waals surface area contributed by atoms with Crippen LogP contribution < -0.4 is 19.6 Å². The summed E-state index contributed by atoms with van der Waals surface area (Å²) in [5.74, 6) is 0.347. The van der Waals surface area contributed by atoms with Crippen molar-refractivity contribution in [1.82, 2.24) is 5.43 Å². The summed E-state index contributed by atoms with van der Waals surface area (Å²) < 4.78 is 17.3. The van der Waals surface area contributed by atoms with Crippen molar-refractivity contribution < 1.29 is 28.9 Å². The van der Waals surface area contributed by atoms with Crippen molar-refractivity contribution >= 4 is 18.1 Å². The summed E-state index contributed by atoms with van der Waals surface area (Å²) in [6.07, 6.45) is 1.53. The summed E-state index contributed by atoms with van der Waals surface area (Å²) in [7, 11) is 0. The van der Waals surface area contributed by atoms with Crippen molar-refractivity contribution in [2.24, 2.45) is 5.10 Å². The maximum atomic E-state index is 12.6. The Hall–Kier alpha value is -5.11. The van der Waals surface area contributed by atoms with Gasteiger partial charge < -0.3 is 19.3 Å². The Balaban J connectivity index is 1.29. The molecule has 39 heavy (non-hydrogen) atoms. The molecule has 0 saturated carbocycles. The lowest BCUT2D eigenvalue weighted by molar-refractivity contribution is 0.0696. The van der Waals surface area contributed by atoms with Crippen LogP contribution in [0.3, 0.4) is 0 Å². The molecule has 0 fully saturated rings. The standard InChI is InChI=1S/C31H28N2O6/c1-2-37-29-18-26(14-17-28(29)39-21-23-6-4-3-5-7-23)30(34)33-32-19-22-10-15-27(16-11-22)38-20-24-8-12-25(13-9-24)31(35)36/h3-19H,2,20-21H2,1H3,(H,33,34)(H,35,36)/b32-19+. The van der Waals surface area contributed by atoms with Crippen molar-refractivity contribution in [2.45, 2.75) is 20.1 Å². The van der Waals surface area contributed by atoms with Crippen LogP contribution in [-0.2, 0) is 13.2 Å². The van der Waals surface area contributed by atoms with Gasteiger partial charge in [0.15, 0.2) is 11.5 Å². The van der Waals surface area contributed by atoms with Crippen molar-refractivity contribution in [3.63, 3.8) is 0 Å². The minimum Gasteiger partial charge on any atom is -0.490 e. The maximum absolute atomic E-state index is 12.6. The highest BCUT2D eigenvalue weighted by molar-refractivity contribution is 5.95. The second-order valence-corrected chi connectivity index (χ2v) is 8.43. The first-order valence-corrected chi connectivity index (χ1v) is 12.3. The molecule has 198 valence electrons. The molecule has 0 aliphatic rings. The lowest BCUT2D eigenvalue weighted by atomic mass is 10.1. The van der Waals surface area contributed by atoms with Crippen LogP contribution in [-0.4, -0.2) is 29.8 Å². The van der Waals surface area contributed by atoms with Gasteiger partial charge in [0.1, 0.15) is 19.0 Å². The minimum atomic E-state index is -0.965. The summed E-state index contributed by atoms with van der Waals surface area (Å²) in [5, 5.41) is 13.0. The Labute approximate surface area is 226 Å². The second-order valence-electron chi connectivity index (χ2n) is 8.43. The Morgan fingerprint density at radius 1 is 0.769 bits per heavy atom. The Morgan fingerprint density at radius 2 is 1.44 bits per heavy atom. The summed E-state index contributed by atoms with van der Waals surface area (Å²) in [6.45, 7) is 3.00. The molecule has 0 saturated heterocycles. The van der Waals surface area contributed by atoms with Crippen LogP contribution in [0, 0.1) is 0 Å². The van der Waals surface area contributed by atoms with Crippen LogP contribution in [0.25, 0.3) is 0 Å². The van der Waals surface area contributed by atoms with E-state index in [1.54, 1.807) is 54.6 Å². The molecule has 0 radical (unpaired) electrons. The zero-order valence-electron chi connectivity index (χ0n) is 21.4. The largest absolute Gasteiger partial charge is 0.490 e. The highest BCUT2D eigenvalue weighted by Crippen LogP contribution is 2.29. The first-order valence-electron chi connectivity index (χ1n) is 12.3. The number of aromatic carboxylic acids is 1. The van der Waals surface area contributed by atoms with E-state index in [0.717, 1.165) is 16.7 Å². The molecule has 0 unspecified atom stereocenters. The van der Waals surface area contributed by atoms with Gasteiger partial charge in [-0.25, -0.2) is 10.2 Å². The van der Waals surface area contributed by atoms with Gasteiger partial charge in [-0.2, -0.15) is 5.10 Å². The second kappa shape index (κ2) is 13.4. The number of carboxylic acids is 1. The van der Waals surface area contributed by atoms with E-state index in [1.807, 2.05) is 49.4 Å². The average molecular weight is 525 g/mol. The van der Waals surface area contributed by atoms with Crippen LogP contribution in [0.5, 0.6) is 17.2 Å². The molecule has 0 aliphatic carbocycles. The minimum absolute atomic E-state index is 0.231. The predicted molar refractivity (Wildman–Crippen MR) is 148 cm³/mol. The molecule has 0 spiro atoms. The van der Waals surface area contributed by atoms with E-state index in [0.29, 0.717) is 42.6 Å². The molecule has 4 rings (SSSR count). The highest BCUT2D eigenvalue weighted by atomic mass is 16.5. The molecule has 0 heterocycles. The van der Waals surface area contributed by atoms with E-state index in [2.05, 4.69) is 10.5 Å². The Morgan fingerprint density at radius 3 is 2.13 bits per heavy atom.